The fourth-order valence-electron chi connectivity index (χ4n) is 2.40. The van der Waals surface area contributed by atoms with Crippen molar-refractivity contribution in [2.75, 3.05) is 18.2 Å². The Balaban J connectivity index is 1.70. The van der Waals surface area contributed by atoms with Crippen LogP contribution in [0.4, 0.5) is 5.69 Å². The molecule has 1 heterocycles. The summed E-state index contributed by atoms with van der Waals surface area (Å²) in [5.74, 6) is 0.458. The average Bonchev–Trinajstić information content (AvgIpc) is 3.15. The van der Waals surface area contributed by atoms with Crippen LogP contribution in [0.15, 0.2) is 41.6 Å². The monoisotopic (exact) mass is 414 g/mol. The van der Waals surface area contributed by atoms with Gasteiger partial charge in [0.25, 0.3) is 0 Å². The maximum Gasteiger partial charge on any atom is 0.234 e. The molecular formula is C18H15ClN6O2S. The number of carbonyl (C=O) groups excluding carboxylic acids is 1. The van der Waals surface area contributed by atoms with Gasteiger partial charge in [-0.3, -0.25) is 4.79 Å². The molecule has 1 amide bonds. The van der Waals surface area contributed by atoms with E-state index in [-0.39, 0.29) is 16.7 Å². The van der Waals surface area contributed by atoms with Crippen molar-refractivity contribution >= 4 is 35.0 Å². The van der Waals surface area contributed by atoms with Crippen LogP contribution in [0.2, 0.25) is 5.02 Å². The predicted octanol–water partition coefficient (Wildman–Crippen LogP) is 3.24. The fourth-order valence-corrected chi connectivity index (χ4v) is 3.30. The van der Waals surface area contributed by atoms with Crippen LogP contribution in [-0.4, -0.2) is 39.0 Å². The smallest absolute Gasteiger partial charge is 0.234 e. The summed E-state index contributed by atoms with van der Waals surface area (Å²) in [6.45, 7) is 1.95. The van der Waals surface area contributed by atoms with Crippen LogP contribution in [0.1, 0.15) is 11.1 Å². The Hall–Kier alpha value is -3.09. The minimum atomic E-state index is -0.253. The Labute approximate surface area is 170 Å². The van der Waals surface area contributed by atoms with E-state index in [1.807, 2.05) is 31.2 Å². The van der Waals surface area contributed by atoms with Crippen LogP contribution in [0.3, 0.4) is 0 Å². The van der Waals surface area contributed by atoms with E-state index in [0.29, 0.717) is 27.8 Å². The molecule has 0 saturated carbocycles. The van der Waals surface area contributed by atoms with Crippen molar-refractivity contribution < 1.29 is 9.53 Å². The number of hydrogen-bond donors (Lipinski definition) is 1. The summed E-state index contributed by atoms with van der Waals surface area (Å²) in [6.07, 6.45) is 0. The SMILES string of the molecule is COc1ccc(C)cc1-n1nnnc1SCC(=O)Nc1ccc(C#N)c(Cl)c1. The van der Waals surface area contributed by atoms with Gasteiger partial charge in [0, 0.05) is 5.69 Å². The van der Waals surface area contributed by atoms with Crippen LogP contribution in [0.5, 0.6) is 5.75 Å². The number of nitrogens with zero attached hydrogens (tertiary/aromatic N) is 5. The molecule has 0 bridgehead atoms. The third-order valence-corrected chi connectivity index (χ3v) is 4.94. The number of amides is 1. The summed E-state index contributed by atoms with van der Waals surface area (Å²) in [5, 5.41) is 24.1. The van der Waals surface area contributed by atoms with Crippen molar-refractivity contribution in [3.63, 3.8) is 0 Å². The number of anilines is 1. The number of carbonyl (C=O) groups is 1. The molecule has 3 rings (SSSR count). The van der Waals surface area contributed by atoms with Gasteiger partial charge in [-0.1, -0.05) is 29.4 Å². The van der Waals surface area contributed by atoms with Crippen molar-refractivity contribution in [2.45, 2.75) is 12.1 Å². The molecule has 28 heavy (non-hydrogen) atoms. The lowest BCUT2D eigenvalue weighted by molar-refractivity contribution is -0.113. The minimum Gasteiger partial charge on any atom is -0.494 e. The summed E-state index contributed by atoms with van der Waals surface area (Å²) in [4.78, 5) is 12.3. The second kappa shape index (κ2) is 8.73. The number of aromatic nitrogens is 4. The summed E-state index contributed by atoms with van der Waals surface area (Å²) < 4.78 is 6.90. The van der Waals surface area contributed by atoms with Gasteiger partial charge in [0.2, 0.25) is 11.1 Å². The first kappa shape index (κ1) is 19.7. The molecule has 0 radical (unpaired) electrons. The minimum absolute atomic E-state index is 0.0894. The number of benzene rings is 2. The molecule has 1 aromatic heterocycles. The van der Waals surface area contributed by atoms with Gasteiger partial charge in [0.05, 0.1) is 23.4 Å². The molecule has 0 atom stereocenters. The fraction of sp³-hybridized carbons (Fsp3) is 0.167. The van der Waals surface area contributed by atoms with E-state index >= 15 is 0 Å². The number of nitriles is 1. The first-order chi connectivity index (χ1) is 13.5. The topological polar surface area (TPSA) is 106 Å². The van der Waals surface area contributed by atoms with Gasteiger partial charge in [-0.15, -0.1) is 5.10 Å². The summed E-state index contributed by atoms with van der Waals surface area (Å²) in [5.41, 5.74) is 2.57. The number of rotatable bonds is 6. The van der Waals surface area contributed by atoms with Crippen molar-refractivity contribution in [3.8, 4) is 17.5 Å². The molecule has 1 N–H and O–H groups in total. The molecule has 0 aliphatic heterocycles. The number of aryl methyl sites for hydroxylation is 1. The molecular weight excluding hydrogens is 400 g/mol. The number of thioether (sulfide) groups is 1. The largest absolute Gasteiger partial charge is 0.494 e. The van der Waals surface area contributed by atoms with Crippen LogP contribution in [0, 0.1) is 18.3 Å². The molecule has 3 aromatic rings. The first-order valence-electron chi connectivity index (χ1n) is 8.07. The first-order valence-corrected chi connectivity index (χ1v) is 9.44. The lowest BCUT2D eigenvalue weighted by atomic mass is 10.2. The van der Waals surface area contributed by atoms with E-state index in [1.54, 1.807) is 19.2 Å². The number of methoxy groups -OCH3 is 1. The summed E-state index contributed by atoms with van der Waals surface area (Å²) >= 11 is 7.17. The average molecular weight is 415 g/mol. The summed E-state index contributed by atoms with van der Waals surface area (Å²) in [7, 11) is 1.57. The Kier molecular flexibility index (Phi) is 6.13. The Morgan fingerprint density at radius 3 is 2.89 bits per heavy atom. The van der Waals surface area contributed by atoms with Gasteiger partial charge in [-0.2, -0.15) is 9.94 Å². The molecule has 0 unspecified atom stereocenters. The standard InChI is InChI=1S/C18H15ClN6O2S/c1-11-3-6-16(27-2)15(7-11)25-18(22-23-24-25)28-10-17(26)21-13-5-4-12(9-20)14(19)8-13/h3-8H,10H2,1-2H3,(H,21,26). The number of halogens is 1. The number of nitrogens with one attached hydrogen (secondary N) is 1. The molecule has 0 spiro atoms. The van der Waals surface area contributed by atoms with Crippen molar-refractivity contribution in [3.05, 3.63) is 52.5 Å². The molecule has 8 nitrogen and oxygen atoms in total. The molecule has 0 fully saturated rings. The maximum absolute atomic E-state index is 12.3. The number of tetrazole rings is 1. The molecule has 0 aliphatic rings. The predicted molar refractivity (Wildman–Crippen MR) is 106 cm³/mol. The lowest BCUT2D eigenvalue weighted by Gasteiger charge is -2.10. The quantitative estimate of drug-likeness (QED) is 0.617. The van der Waals surface area contributed by atoms with Crippen LogP contribution in [-0.2, 0) is 4.79 Å². The second-order valence-electron chi connectivity index (χ2n) is 5.69. The zero-order valence-corrected chi connectivity index (χ0v) is 16.6. The van der Waals surface area contributed by atoms with Crippen molar-refractivity contribution in [2.24, 2.45) is 0 Å². The highest BCUT2D eigenvalue weighted by Gasteiger charge is 2.15. The highest BCUT2D eigenvalue weighted by molar-refractivity contribution is 7.99. The van der Waals surface area contributed by atoms with E-state index in [0.717, 1.165) is 5.56 Å². The lowest BCUT2D eigenvalue weighted by Crippen LogP contribution is -2.14. The van der Waals surface area contributed by atoms with E-state index < -0.39 is 0 Å². The van der Waals surface area contributed by atoms with Crippen LogP contribution in [0.25, 0.3) is 5.69 Å². The highest BCUT2D eigenvalue weighted by Crippen LogP contribution is 2.27. The van der Waals surface area contributed by atoms with E-state index in [4.69, 9.17) is 21.6 Å². The summed E-state index contributed by atoms with van der Waals surface area (Å²) in [6, 6.07) is 12.3. The van der Waals surface area contributed by atoms with E-state index in [1.165, 1.54) is 22.5 Å². The number of hydrogen-bond acceptors (Lipinski definition) is 7. The zero-order valence-electron chi connectivity index (χ0n) is 15.0. The van der Waals surface area contributed by atoms with E-state index in [2.05, 4.69) is 20.8 Å². The third-order valence-electron chi connectivity index (χ3n) is 3.71. The molecule has 2 aromatic carbocycles. The molecule has 142 valence electrons. The van der Waals surface area contributed by atoms with Gasteiger partial charge in [0.1, 0.15) is 17.5 Å². The van der Waals surface area contributed by atoms with Gasteiger partial charge in [-0.05, 0) is 53.2 Å². The molecule has 0 saturated heterocycles. The zero-order chi connectivity index (χ0) is 20.1. The number of ether oxygens (including phenoxy) is 1. The molecule has 0 aliphatic carbocycles. The van der Waals surface area contributed by atoms with E-state index in [9.17, 15) is 4.79 Å². The van der Waals surface area contributed by atoms with Gasteiger partial charge >= 0.3 is 0 Å². The third kappa shape index (κ3) is 4.42. The second-order valence-corrected chi connectivity index (χ2v) is 7.04. The van der Waals surface area contributed by atoms with Gasteiger partial charge in [0.15, 0.2) is 0 Å². The highest BCUT2D eigenvalue weighted by atomic mass is 35.5. The van der Waals surface area contributed by atoms with Gasteiger partial charge in [-0.25, -0.2) is 0 Å². The Morgan fingerprint density at radius 1 is 1.36 bits per heavy atom. The van der Waals surface area contributed by atoms with Crippen molar-refractivity contribution in [1.29, 1.82) is 5.26 Å². The maximum atomic E-state index is 12.3. The Bertz CT molecular complexity index is 1060. The van der Waals surface area contributed by atoms with Crippen LogP contribution < -0.4 is 10.1 Å². The Morgan fingerprint density at radius 2 is 2.18 bits per heavy atom. The normalized spacial score (nSPS) is 10.4. The van der Waals surface area contributed by atoms with Crippen molar-refractivity contribution in [1.82, 2.24) is 20.2 Å². The van der Waals surface area contributed by atoms with Crippen LogP contribution >= 0.6 is 23.4 Å². The van der Waals surface area contributed by atoms with Gasteiger partial charge < -0.3 is 10.1 Å². The molecule has 10 heteroatoms.